The molecule has 0 aliphatic heterocycles. The number of carbonyl (C=O) groups is 1. The first-order valence-electron chi connectivity index (χ1n) is 6.07. The second-order valence-electron chi connectivity index (χ2n) is 4.56. The molecule has 5 heteroatoms. The first-order chi connectivity index (χ1) is 8.15. The highest BCUT2D eigenvalue weighted by Crippen LogP contribution is 2.17. The van der Waals surface area contributed by atoms with Crippen LogP contribution in [-0.4, -0.2) is 21.9 Å². The van der Waals surface area contributed by atoms with Gasteiger partial charge in [-0.3, -0.25) is 4.79 Å². The summed E-state index contributed by atoms with van der Waals surface area (Å²) in [7, 11) is 0. The number of nitrogen functional groups attached to an aromatic ring is 1. The van der Waals surface area contributed by atoms with E-state index in [4.69, 9.17) is 5.73 Å². The normalized spacial score (nSPS) is 16.8. The minimum atomic E-state index is -0.144. The summed E-state index contributed by atoms with van der Waals surface area (Å²) >= 11 is 0. The minimum Gasteiger partial charge on any atom is -0.368 e. The van der Waals surface area contributed by atoms with E-state index in [-0.39, 0.29) is 17.9 Å². The Bertz CT molecular complexity index is 393. The molecule has 1 aromatic rings. The fourth-order valence-electron chi connectivity index (χ4n) is 2.21. The summed E-state index contributed by atoms with van der Waals surface area (Å²) in [5, 5.41) is 3.00. The van der Waals surface area contributed by atoms with E-state index in [0.29, 0.717) is 11.4 Å². The zero-order chi connectivity index (χ0) is 12.3. The van der Waals surface area contributed by atoms with Crippen LogP contribution in [0.25, 0.3) is 0 Å². The third kappa shape index (κ3) is 3.15. The fourth-order valence-corrected chi connectivity index (χ4v) is 2.21. The van der Waals surface area contributed by atoms with Crippen molar-refractivity contribution in [2.24, 2.45) is 0 Å². The Morgan fingerprint density at radius 3 is 2.71 bits per heavy atom. The zero-order valence-electron chi connectivity index (χ0n) is 10.1. The van der Waals surface area contributed by atoms with E-state index in [0.717, 1.165) is 12.8 Å². The van der Waals surface area contributed by atoms with Gasteiger partial charge in [-0.25, -0.2) is 9.97 Å². The van der Waals surface area contributed by atoms with E-state index in [2.05, 4.69) is 15.3 Å². The molecule has 1 amide bonds. The maximum absolute atomic E-state index is 12.0. The van der Waals surface area contributed by atoms with Gasteiger partial charge in [-0.2, -0.15) is 0 Å². The van der Waals surface area contributed by atoms with E-state index in [1.54, 1.807) is 13.0 Å². The molecule has 2 rings (SSSR count). The lowest BCUT2D eigenvalue weighted by atomic mass is 9.95. The number of hydrogen-bond acceptors (Lipinski definition) is 4. The Kier molecular flexibility index (Phi) is 3.56. The minimum absolute atomic E-state index is 0.144. The van der Waals surface area contributed by atoms with Crippen LogP contribution in [0.1, 0.15) is 48.3 Å². The summed E-state index contributed by atoms with van der Waals surface area (Å²) in [6.45, 7) is 1.80. The predicted octanol–water partition coefficient (Wildman–Crippen LogP) is 1.43. The number of amides is 1. The van der Waals surface area contributed by atoms with Crippen molar-refractivity contribution in [3.05, 3.63) is 17.5 Å². The van der Waals surface area contributed by atoms with Crippen molar-refractivity contribution in [1.29, 1.82) is 0 Å². The molecule has 0 aromatic carbocycles. The summed E-state index contributed by atoms with van der Waals surface area (Å²) < 4.78 is 0. The highest BCUT2D eigenvalue weighted by atomic mass is 16.1. The molecule has 0 atom stereocenters. The maximum Gasteiger partial charge on any atom is 0.270 e. The number of hydrogen-bond donors (Lipinski definition) is 2. The molecule has 1 aliphatic rings. The van der Waals surface area contributed by atoms with E-state index in [1.165, 1.54) is 19.3 Å². The first-order valence-corrected chi connectivity index (χ1v) is 6.07. The molecule has 0 spiro atoms. The number of aromatic nitrogens is 2. The molecule has 1 heterocycles. The molecule has 1 saturated carbocycles. The van der Waals surface area contributed by atoms with Gasteiger partial charge in [0.05, 0.1) is 0 Å². The van der Waals surface area contributed by atoms with Gasteiger partial charge in [-0.05, 0) is 25.8 Å². The van der Waals surface area contributed by atoms with Gasteiger partial charge in [-0.1, -0.05) is 19.3 Å². The number of anilines is 1. The van der Waals surface area contributed by atoms with Gasteiger partial charge in [0.15, 0.2) is 0 Å². The smallest absolute Gasteiger partial charge is 0.270 e. The number of nitrogens with two attached hydrogens (primary N) is 1. The molecule has 5 nitrogen and oxygen atoms in total. The van der Waals surface area contributed by atoms with Crippen LogP contribution < -0.4 is 11.1 Å². The van der Waals surface area contributed by atoms with Crippen LogP contribution in [0.2, 0.25) is 0 Å². The second kappa shape index (κ2) is 5.12. The van der Waals surface area contributed by atoms with Gasteiger partial charge in [-0.15, -0.1) is 0 Å². The van der Waals surface area contributed by atoms with Gasteiger partial charge >= 0.3 is 0 Å². The van der Waals surface area contributed by atoms with Crippen LogP contribution in [0.15, 0.2) is 6.07 Å². The monoisotopic (exact) mass is 234 g/mol. The van der Waals surface area contributed by atoms with Crippen LogP contribution in [-0.2, 0) is 0 Å². The number of nitrogens with one attached hydrogen (secondary N) is 1. The Morgan fingerprint density at radius 1 is 1.35 bits per heavy atom. The van der Waals surface area contributed by atoms with Crippen LogP contribution >= 0.6 is 0 Å². The van der Waals surface area contributed by atoms with Crippen molar-refractivity contribution >= 4 is 11.9 Å². The fraction of sp³-hybridized carbons (Fsp3) is 0.583. The second-order valence-corrected chi connectivity index (χ2v) is 4.56. The molecular weight excluding hydrogens is 216 g/mol. The summed E-state index contributed by atoms with van der Waals surface area (Å²) in [5.41, 5.74) is 6.60. The number of aryl methyl sites for hydroxylation is 1. The van der Waals surface area contributed by atoms with Crippen LogP contribution in [0.3, 0.4) is 0 Å². The molecule has 0 unspecified atom stereocenters. The molecule has 1 fully saturated rings. The molecule has 0 saturated heterocycles. The quantitative estimate of drug-likeness (QED) is 0.811. The lowest BCUT2D eigenvalue weighted by Gasteiger charge is -2.22. The van der Waals surface area contributed by atoms with Crippen molar-refractivity contribution in [1.82, 2.24) is 15.3 Å². The average molecular weight is 234 g/mol. The molecule has 0 bridgehead atoms. The molecule has 1 aromatic heterocycles. The standard InChI is InChI=1S/C12H18N4O/c1-8-7-10(16-12(13)14-8)11(17)15-9-5-3-2-4-6-9/h7,9H,2-6H2,1H3,(H,15,17)(H2,13,14,16). The Balaban J connectivity index is 2.03. The Hall–Kier alpha value is -1.65. The Labute approximate surface area is 101 Å². The summed E-state index contributed by atoms with van der Waals surface area (Å²) in [4.78, 5) is 19.9. The molecule has 92 valence electrons. The van der Waals surface area contributed by atoms with E-state index in [1.807, 2.05) is 0 Å². The largest absolute Gasteiger partial charge is 0.368 e. The molecule has 0 radical (unpaired) electrons. The van der Waals surface area contributed by atoms with Gasteiger partial charge in [0, 0.05) is 11.7 Å². The van der Waals surface area contributed by atoms with Gasteiger partial charge < -0.3 is 11.1 Å². The van der Waals surface area contributed by atoms with E-state index >= 15 is 0 Å². The van der Waals surface area contributed by atoms with Gasteiger partial charge in [0.1, 0.15) is 5.69 Å². The summed E-state index contributed by atoms with van der Waals surface area (Å²) in [6.07, 6.45) is 5.77. The topological polar surface area (TPSA) is 80.9 Å². The number of carbonyl (C=O) groups excluding carboxylic acids is 1. The summed E-state index contributed by atoms with van der Waals surface area (Å²) in [6, 6.07) is 1.95. The lowest BCUT2D eigenvalue weighted by Crippen LogP contribution is -2.36. The molecule has 1 aliphatic carbocycles. The first kappa shape index (κ1) is 11.8. The zero-order valence-corrected chi connectivity index (χ0v) is 10.1. The Morgan fingerprint density at radius 2 is 2.06 bits per heavy atom. The highest BCUT2D eigenvalue weighted by molar-refractivity contribution is 5.92. The van der Waals surface area contributed by atoms with Crippen LogP contribution in [0, 0.1) is 6.92 Å². The van der Waals surface area contributed by atoms with Crippen LogP contribution in [0.4, 0.5) is 5.95 Å². The van der Waals surface area contributed by atoms with E-state index < -0.39 is 0 Å². The van der Waals surface area contributed by atoms with Crippen molar-refractivity contribution < 1.29 is 4.79 Å². The number of nitrogens with zero attached hydrogens (tertiary/aromatic N) is 2. The molecule has 3 N–H and O–H groups in total. The third-order valence-electron chi connectivity index (χ3n) is 3.04. The van der Waals surface area contributed by atoms with Gasteiger partial charge in [0.25, 0.3) is 5.91 Å². The average Bonchev–Trinajstić information content (AvgIpc) is 2.29. The molecular formula is C12H18N4O. The highest BCUT2D eigenvalue weighted by Gasteiger charge is 2.17. The predicted molar refractivity (Wildman–Crippen MR) is 65.5 cm³/mol. The van der Waals surface area contributed by atoms with Crippen molar-refractivity contribution in [3.8, 4) is 0 Å². The van der Waals surface area contributed by atoms with Gasteiger partial charge in [0.2, 0.25) is 5.95 Å². The number of rotatable bonds is 2. The SMILES string of the molecule is Cc1cc(C(=O)NC2CCCCC2)nc(N)n1. The summed E-state index contributed by atoms with van der Waals surface area (Å²) in [5.74, 6) is 0.00731. The van der Waals surface area contributed by atoms with Crippen molar-refractivity contribution in [3.63, 3.8) is 0 Å². The third-order valence-corrected chi connectivity index (χ3v) is 3.04. The maximum atomic E-state index is 12.0. The lowest BCUT2D eigenvalue weighted by molar-refractivity contribution is 0.0922. The molecule has 17 heavy (non-hydrogen) atoms. The van der Waals surface area contributed by atoms with Crippen molar-refractivity contribution in [2.45, 2.75) is 45.1 Å². The van der Waals surface area contributed by atoms with Crippen LogP contribution in [0.5, 0.6) is 0 Å². The van der Waals surface area contributed by atoms with Crippen molar-refractivity contribution in [2.75, 3.05) is 5.73 Å². The van der Waals surface area contributed by atoms with E-state index in [9.17, 15) is 4.79 Å².